The topological polar surface area (TPSA) is 17.1 Å². The third-order valence-corrected chi connectivity index (χ3v) is 7.37. The maximum atomic E-state index is 11.8. The Balaban J connectivity index is 1.69. The van der Waals surface area contributed by atoms with Gasteiger partial charge in [0.2, 0.25) is 0 Å². The van der Waals surface area contributed by atoms with Crippen molar-refractivity contribution in [3.05, 3.63) is 24.3 Å². The molecule has 20 heavy (non-hydrogen) atoms. The van der Waals surface area contributed by atoms with Crippen molar-refractivity contribution in [2.75, 3.05) is 0 Å². The highest BCUT2D eigenvalue weighted by Gasteiger charge is 2.55. The van der Waals surface area contributed by atoms with Crippen molar-refractivity contribution >= 4 is 5.78 Å². The average Bonchev–Trinajstić information content (AvgIpc) is 2.81. The van der Waals surface area contributed by atoms with Crippen LogP contribution in [0.25, 0.3) is 0 Å². The zero-order valence-corrected chi connectivity index (χ0v) is 12.8. The van der Waals surface area contributed by atoms with E-state index >= 15 is 0 Å². The van der Waals surface area contributed by atoms with E-state index in [9.17, 15) is 4.79 Å². The summed E-state index contributed by atoms with van der Waals surface area (Å²) in [5.74, 6) is 3.52. The molecule has 0 heterocycles. The van der Waals surface area contributed by atoms with Crippen molar-refractivity contribution in [1.82, 2.24) is 0 Å². The minimum atomic E-state index is 0.292. The van der Waals surface area contributed by atoms with Crippen molar-refractivity contribution in [2.24, 2.45) is 34.5 Å². The van der Waals surface area contributed by atoms with E-state index < -0.39 is 0 Å². The lowest BCUT2D eigenvalue weighted by molar-refractivity contribution is -0.121. The monoisotopic (exact) mass is 270 g/mol. The molecule has 2 saturated carbocycles. The van der Waals surface area contributed by atoms with Gasteiger partial charge in [-0.2, -0.15) is 0 Å². The molecule has 0 N–H and O–H groups in total. The highest BCUT2D eigenvalue weighted by Crippen LogP contribution is 2.63. The Labute approximate surface area is 122 Å². The zero-order chi connectivity index (χ0) is 14.0. The molecule has 0 aromatic rings. The quantitative estimate of drug-likeness (QED) is 0.591. The lowest BCUT2D eigenvalue weighted by atomic mass is 9.46. The zero-order valence-electron chi connectivity index (χ0n) is 12.8. The summed E-state index contributed by atoms with van der Waals surface area (Å²) in [6.45, 7) is 4.93. The van der Waals surface area contributed by atoms with E-state index in [0.29, 0.717) is 22.5 Å². The third kappa shape index (κ3) is 1.58. The molecule has 2 fully saturated rings. The van der Waals surface area contributed by atoms with Crippen LogP contribution in [0.4, 0.5) is 0 Å². The van der Waals surface area contributed by atoms with Crippen LogP contribution in [0.5, 0.6) is 0 Å². The number of rotatable bonds is 0. The van der Waals surface area contributed by atoms with Crippen molar-refractivity contribution in [2.45, 2.75) is 52.4 Å². The number of fused-ring (bicyclic) bond motifs is 5. The standard InChI is InChI=1S/C19H26O/c1-18-9-3-4-16(18)15-6-5-13-12-14(20)7-11-19(13,2)17(15)8-10-18/h3,7,9,11,13,15-17H,4-6,8,10,12H2,1-2H3/t13?,15-,16-,17-,18-,19-/m0/s1. The second kappa shape index (κ2) is 4.08. The van der Waals surface area contributed by atoms with Crippen molar-refractivity contribution in [1.29, 1.82) is 0 Å². The summed E-state index contributed by atoms with van der Waals surface area (Å²) < 4.78 is 0. The molecule has 1 heteroatoms. The number of ketones is 1. The molecule has 0 saturated heterocycles. The fraction of sp³-hybridized carbons (Fsp3) is 0.737. The van der Waals surface area contributed by atoms with Crippen LogP contribution in [0.15, 0.2) is 24.3 Å². The van der Waals surface area contributed by atoms with Crippen molar-refractivity contribution < 1.29 is 4.79 Å². The van der Waals surface area contributed by atoms with E-state index in [4.69, 9.17) is 0 Å². The maximum absolute atomic E-state index is 11.8. The molecule has 0 aromatic carbocycles. The van der Waals surface area contributed by atoms with E-state index in [0.717, 1.165) is 24.2 Å². The molecule has 0 spiro atoms. The Morgan fingerprint density at radius 2 is 1.95 bits per heavy atom. The second-order valence-corrected chi connectivity index (χ2v) is 8.20. The van der Waals surface area contributed by atoms with Crippen LogP contribution in [0, 0.1) is 34.5 Å². The van der Waals surface area contributed by atoms with Crippen LogP contribution in [0.2, 0.25) is 0 Å². The molecule has 0 radical (unpaired) electrons. The minimum Gasteiger partial charge on any atom is -0.295 e. The van der Waals surface area contributed by atoms with Gasteiger partial charge in [0, 0.05) is 6.42 Å². The lowest BCUT2D eigenvalue weighted by Gasteiger charge is -2.58. The summed E-state index contributed by atoms with van der Waals surface area (Å²) in [4.78, 5) is 11.8. The van der Waals surface area contributed by atoms with Crippen LogP contribution in [0.1, 0.15) is 52.4 Å². The molecule has 1 nitrogen and oxygen atoms in total. The molecule has 4 rings (SSSR count). The van der Waals surface area contributed by atoms with E-state index in [1.807, 2.05) is 6.08 Å². The van der Waals surface area contributed by atoms with Gasteiger partial charge in [0.25, 0.3) is 0 Å². The fourth-order valence-corrected chi connectivity index (χ4v) is 6.12. The molecule has 6 atom stereocenters. The van der Waals surface area contributed by atoms with Gasteiger partial charge < -0.3 is 0 Å². The number of hydrogen-bond donors (Lipinski definition) is 0. The third-order valence-electron chi connectivity index (χ3n) is 7.37. The summed E-state index contributed by atoms with van der Waals surface area (Å²) in [7, 11) is 0. The Morgan fingerprint density at radius 1 is 1.10 bits per heavy atom. The highest BCUT2D eigenvalue weighted by atomic mass is 16.1. The van der Waals surface area contributed by atoms with Crippen LogP contribution in [-0.4, -0.2) is 5.78 Å². The molecular weight excluding hydrogens is 244 g/mol. The van der Waals surface area contributed by atoms with Crippen LogP contribution in [0.3, 0.4) is 0 Å². The van der Waals surface area contributed by atoms with E-state index in [-0.39, 0.29) is 0 Å². The summed E-state index contributed by atoms with van der Waals surface area (Å²) in [6.07, 6.45) is 16.5. The Kier molecular flexibility index (Phi) is 2.63. The molecule has 4 aliphatic rings. The summed E-state index contributed by atoms with van der Waals surface area (Å²) in [5.41, 5.74) is 0.763. The molecule has 0 aliphatic heterocycles. The predicted molar refractivity (Wildman–Crippen MR) is 81.2 cm³/mol. The average molecular weight is 270 g/mol. The fourth-order valence-electron chi connectivity index (χ4n) is 6.12. The number of allylic oxidation sites excluding steroid dienone is 4. The minimum absolute atomic E-state index is 0.292. The number of carbonyl (C=O) groups is 1. The van der Waals surface area contributed by atoms with Crippen LogP contribution < -0.4 is 0 Å². The van der Waals surface area contributed by atoms with Gasteiger partial charge >= 0.3 is 0 Å². The maximum Gasteiger partial charge on any atom is 0.155 e. The lowest BCUT2D eigenvalue weighted by Crippen LogP contribution is -2.51. The van der Waals surface area contributed by atoms with Gasteiger partial charge in [-0.15, -0.1) is 0 Å². The molecular formula is C19H26O. The Morgan fingerprint density at radius 3 is 2.80 bits per heavy atom. The van der Waals surface area contributed by atoms with E-state index in [1.165, 1.54) is 32.1 Å². The first-order chi connectivity index (χ1) is 9.53. The first-order valence-corrected chi connectivity index (χ1v) is 8.43. The molecule has 4 aliphatic carbocycles. The van der Waals surface area contributed by atoms with Gasteiger partial charge in [0.05, 0.1) is 0 Å². The predicted octanol–water partition coefficient (Wildman–Crippen LogP) is 4.54. The van der Waals surface area contributed by atoms with Gasteiger partial charge in [-0.1, -0.05) is 32.1 Å². The first kappa shape index (κ1) is 12.9. The summed E-state index contributed by atoms with van der Waals surface area (Å²) in [6, 6.07) is 0. The van der Waals surface area contributed by atoms with Crippen molar-refractivity contribution in [3.63, 3.8) is 0 Å². The van der Waals surface area contributed by atoms with Gasteiger partial charge in [0.1, 0.15) is 0 Å². The smallest absolute Gasteiger partial charge is 0.155 e. The van der Waals surface area contributed by atoms with Crippen LogP contribution in [-0.2, 0) is 4.79 Å². The van der Waals surface area contributed by atoms with Gasteiger partial charge in [-0.3, -0.25) is 4.79 Å². The molecule has 0 aromatic heterocycles. The van der Waals surface area contributed by atoms with Gasteiger partial charge in [-0.05, 0) is 72.7 Å². The molecule has 108 valence electrons. The van der Waals surface area contributed by atoms with E-state index in [2.05, 4.69) is 32.1 Å². The van der Waals surface area contributed by atoms with Gasteiger partial charge in [0.15, 0.2) is 5.78 Å². The van der Waals surface area contributed by atoms with Crippen LogP contribution >= 0.6 is 0 Å². The number of hydrogen-bond acceptors (Lipinski definition) is 1. The first-order valence-electron chi connectivity index (χ1n) is 8.43. The molecule has 1 unspecified atom stereocenters. The van der Waals surface area contributed by atoms with Gasteiger partial charge in [-0.25, -0.2) is 0 Å². The summed E-state index contributed by atoms with van der Waals surface area (Å²) in [5, 5.41) is 0. The summed E-state index contributed by atoms with van der Waals surface area (Å²) >= 11 is 0. The van der Waals surface area contributed by atoms with E-state index in [1.54, 1.807) is 0 Å². The molecule has 0 bridgehead atoms. The largest absolute Gasteiger partial charge is 0.295 e. The SMILES string of the molecule is C[C@@]12C=CC[C@H]1[C@@H]1CCC3CC(=O)C=C[C@]3(C)[C@H]1CC2. The normalized spacial score (nSPS) is 53.4. The molecule has 0 amide bonds. The number of carbonyl (C=O) groups excluding carboxylic acids is 1. The Hall–Kier alpha value is -0.850. The second-order valence-electron chi connectivity index (χ2n) is 8.20. The highest BCUT2D eigenvalue weighted by molar-refractivity contribution is 5.91. The Bertz CT molecular complexity index is 502. The van der Waals surface area contributed by atoms with Crippen molar-refractivity contribution in [3.8, 4) is 0 Å².